The number of carbonyl (C=O) groups excluding carboxylic acids is 1. The van der Waals surface area contributed by atoms with Crippen molar-refractivity contribution in [2.24, 2.45) is 0 Å². The van der Waals surface area contributed by atoms with Crippen molar-refractivity contribution in [1.29, 1.82) is 0 Å². The van der Waals surface area contributed by atoms with Gasteiger partial charge in [0.05, 0.1) is 6.61 Å². The van der Waals surface area contributed by atoms with Crippen LogP contribution in [0.3, 0.4) is 0 Å². The van der Waals surface area contributed by atoms with Crippen molar-refractivity contribution in [3.63, 3.8) is 0 Å². The van der Waals surface area contributed by atoms with Crippen LogP contribution in [-0.4, -0.2) is 12.6 Å². The second-order valence-electron chi connectivity index (χ2n) is 5.36. The smallest absolute Gasteiger partial charge is 0.305 e. The topological polar surface area (TPSA) is 26.3 Å². The third kappa shape index (κ3) is 15.4. The number of hydrogen-bond acceptors (Lipinski definition) is 2. The third-order valence-corrected chi connectivity index (χ3v) is 3.39. The number of hydrogen-bond donors (Lipinski definition) is 0. The Hall–Kier alpha value is -0.530. The summed E-state index contributed by atoms with van der Waals surface area (Å²) in [5, 5.41) is 0. The van der Waals surface area contributed by atoms with Gasteiger partial charge in [-0.3, -0.25) is 4.79 Å². The number of rotatable bonds is 14. The van der Waals surface area contributed by atoms with E-state index < -0.39 is 0 Å². The predicted molar refractivity (Wildman–Crippen MR) is 82.0 cm³/mol. The fraction of sp³-hybridized carbons (Fsp3) is 0.882. The van der Waals surface area contributed by atoms with Gasteiger partial charge in [-0.25, -0.2) is 0 Å². The fourth-order valence-electron chi connectivity index (χ4n) is 2.12. The molecule has 0 aliphatic carbocycles. The van der Waals surface area contributed by atoms with Gasteiger partial charge in [-0.2, -0.15) is 0 Å². The van der Waals surface area contributed by atoms with Crippen LogP contribution in [0.2, 0.25) is 0 Å². The normalized spacial score (nSPS) is 10.6. The van der Waals surface area contributed by atoms with Crippen molar-refractivity contribution in [3.05, 3.63) is 6.92 Å². The van der Waals surface area contributed by atoms with E-state index >= 15 is 0 Å². The lowest BCUT2D eigenvalue weighted by atomic mass is 10.1. The molecule has 0 amide bonds. The molecule has 0 aromatic carbocycles. The molecule has 0 heterocycles. The molecule has 0 unspecified atom stereocenters. The highest BCUT2D eigenvalue weighted by Crippen LogP contribution is 2.08. The lowest BCUT2D eigenvalue weighted by Gasteiger charge is -2.05. The minimum Gasteiger partial charge on any atom is -0.466 e. The van der Waals surface area contributed by atoms with E-state index in [1.54, 1.807) is 0 Å². The Bertz CT molecular complexity index is 190. The summed E-state index contributed by atoms with van der Waals surface area (Å²) in [6, 6.07) is 0. The molecule has 0 aliphatic heterocycles. The van der Waals surface area contributed by atoms with E-state index in [2.05, 4.69) is 13.8 Å². The van der Waals surface area contributed by atoms with Crippen LogP contribution in [0.4, 0.5) is 0 Å². The monoisotopic (exact) mass is 269 g/mol. The first-order chi connectivity index (χ1) is 9.31. The summed E-state index contributed by atoms with van der Waals surface area (Å²) in [4.78, 5) is 11.4. The van der Waals surface area contributed by atoms with Gasteiger partial charge in [0, 0.05) is 6.42 Å². The molecule has 2 nitrogen and oxygen atoms in total. The van der Waals surface area contributed by atoms with E-state index in [1.807, 2.05) is 0 Å². The Balaban J connectivity index is 3.13. The molecule has 0 spiro atoms. The average molecular weight is 269 g/mol. The van der Waals surface area contributed by atoms with Crippen molar-refractivity contribution in [2.75, 3.05) is 6.61 Å². The van der Waals surface area contributed by atoms with Gasteiger partial charge in [-0.1, -0.05) is 78.1 Å². The first-order valence-electron chi connectivity index (χ1n) is 8.26. The van der Waals surface area contributed by atoms with Crippen LogP contribution in [0.1, 0.15) is 90.4 Å². The molecule has 0 fully saturated rings. The van der Waals surface area contributed by atoms with Gasteiger partial charge in [-0.05, 0) is 12.8 Å². The number of unbranched alkanes of at least 4 members (excludes halogenated alkanes) is 10. The highest BCUT2D eigenvalue weighted by atomic mass is 16.5. The molecular formula is C17H33O2. The average Bonchev–Trinajstić information content (AvgIpc) is 2.41. The maximum absolute atomic E-state index is 11.4. The summed E-state index contributed by atoms with van der Waals surface area (Å²) in [6.07, 6.45) is 14.9. The summed E-state index contributed by atoms with van der Waals surface area (Å²) < 4.78 is 5.22. The molecule has 113 valence electrons. The van der Waals surface area contributed by atoms with E-state index in [0.29, 0.717) is 13.0 Å². The van der Waals surface area contributed by atoms with Crippen LogP contribution in [0.5, 0.6) is 0 Å². The summed E-state index contributed by atoms with van der Waals surface area (Å²) in [5.41, 5.74) is 0. The van der Waals surface area contributed by atoms with Crippen LogP contribution >= 0.6 is 0 Å². The highest BCUT2D eigenvalue weighted by Gasteiger charge is 2.02. The van der Waals surface area contributed by atoms with E-state index in [9.17, 15) is 4.79 Å². The lowest BCUT2D eigenvalue weighted by molar-refractivity contribution is -0.143. The van der Waals surface area contributed by atoms with Gasteiger partial charge in [0.15, 0.2) is 0 Å². The summed E-state index contributed by atoms with van der Waals surface area (Å²) in [6.45, 7) is 6.65. The quantitative estimate of drug-likeness (QED) is 0.309. The van der Waals surface area contributed by atoms with E-state index in [-0.39, 0.29) is 5.97 Å². The van der Waals surface area contributed by atoms with Gasteiger partial charge in [-0.15, -0.1) is 0 Å². The molecule has 0 rings (SSSR count). The second kappa shape index (κ2) is 15.5. The molecule has 0 saturated heterocycles. The van der Waals surface area contributed by atoms with Crippen LogP contribution in [0.15, 0.2) is 0 Å². The van der Waals surface area contributed by atoms with Crippen molar-refractivity contribution in [3.8, 4) is 0 Å². The van der Waals surface area contributed by atoms with Gasteiger partial charge in [0.25, 0.3) is 0 Å². The molecule has 0 bridgehead atoms. The first kappa shape index (κ1) is 18.5. The molecule has 0 saturated carbocycles. The Kier molecular flexibility index (Phi) is 15.1. The van der Waals surface area contributed by atoms with Gasteiger partial charge in [0.2, 0.25) is 0 Å². The van der Waals surface area contributed by atoms with Crippen molar-refractivity contribution >= 4 is 5.97 Å². The van der Waals surface area contributed by atoms with Crippen molar-refractivity contribution < 1.29 is 9.53 Å². The number of carbonyl (C=O) groups is 1. The zero-order valence-corrected chi connectivity index (χ0v) is 12.9. The Morgan fingerprint density at radius 1 is 0.842 bits per heavy atom. The molecular weight excluding hydrogens is 236 g/mol. The zero-order valence-electron chi connectivity index (χ0n) is 12.9. The van der Waals surface area contributed by atoms with E-state index in [1.165, 1.54) is 57.8 Å². The summed E-state index contributed by atoms with van der Waals surface area (Å²) in [5.74, 6) is -0.00625. The zero-order chi connectivity index (χ0) is 14.2. The van der Waals surface area contributed by atoms with Crippen molar-refractivity contribution in [1.82, 2.24) is 0 Å². The van der Waals surface area contributed by atoms with Crippen molar-refractivity contribution in [2.45, 2.75) is 90.4 Å². The van der Waals surface area contributed by atoms with Gasteiger partial charge >= 0.3 is 5.97 Å². The van der Waals surface area contributed by atoms with E-state index in [4.69, 9.17) is 4.74 Å². The molecule has 0 aromatic rings. The second-order valence-corrected chi connectivity index (χ2v) is 5.36. The van der Waals surface area contributed by atoms with Crippen LogP contribution in [-0.2, 0) is 9.53 Å². The molecule has 19 heavy (non-hydrogen) atoms. The summed E-state index contributed by atoms with van der Waals surface area (Å²) >= 11 is 0. The highest BCUT2D eigenvalue weighted by molar-refractivity contribution is 5.69. The minimum atomic E-state index is -0.00625. The lowest BCUT2D eigenvalue weighted by Crippen LogP contribution is -2.05. The molecule has 2 heteroatoms. The number of ether oxygens (including phenoxy) is 1. The molecule has 0 aliphatic rings. The SMILES string of the molecule is [CH2]CCCCCCCOC(=O)CCCCCCCC. The maximum Gasteiger partial charge on any atom is 0.305 e. The third-order valence-electron chi connectivity index (χ3n) is 3.39. The van der Waals surface area contributed by atoms with Crippen LogP contribution in [0, 0.1) is 6.92 Å². The standard InChI is InChI=1S/C17H33O2/c1-3-5-7-9-11-13-15-17(18)19-16-14-12-10-8-6-4-2/h2-16H2,1H3. The largest absolute Gasteiger partial charge is 0.466 e. The Labute approximate surface area is 120 Å². The molecule has 1 radical (unpaired) electrons. The fourth-order valence-corrected chi connectivity index (χ4v) is 2.12. The molecule has 0 aromatic heterocycles. The van der Waals surface area contributed by atoms with Gasteiger partial charge in [0.1, 0.15) is 0 Å². The molecule has 0 atom stereocenters. The summed E-state index contributed by atoms with van der Waals surface area (Å²) in [7, 11) is 0. The van der Waals surface area contributed by atoms with E-state index in [0.717, 1.165) is 19.3 Å². The minimum absolute atomic E-state index is 0.00625. The van der Waals surface area contributed by atoms with Crippen LogP contribution < -0.4 is 0 Å². The first-order valence-corrected chi connectivity index (χ1v) is 8.26. The molecule has 0 N–H and O–H groups in total. The predicted octanol–water partition coefficient (Wildman–Crippen LogP) is 5.45. The Morgan fingerprint density at radius 2 is 1.42 bits per heavy atom. The Morgan fingerprint density at radius 3 is 2.11 bits per heavy atom. The van der Waals surface area contributed by atoms with Crippen LogP contribution in [0.25, 0.3) is 0 Å². The maximum atomic E-state index is 11.4. The number of esters is 1. The van der Waals surface area contributed by atoms with Gasteiger partial charge < -0.3 is 4.74 Å².